The number of nitrogens with zero attached hydrogens (tertiary/aromatic N) is 2. The van der Waals surface area contributed by atoms with Gasteiger partial charge in [-0.15, -0.1) is 0 Å². The van der Waals surface area contributed by atoms with Crippen molar-refractivity contribution in [1.82, 2.24) is 20.6 Å². The predicted molar refractivity (Wildman–Crippen MR) is 182 cm³/mol. The Morgan fingerprint density at radius 2 is 1.39 bits per heavy atom. The average Bonchev–Trinajstić information content (AvgIpc) is 3.01. The molecule has 0 spiro atoms. The van der Waals surface area contributed by atoms with Gasteiger partial charge in [-0.2, -0.15) is 0 Å². The van der Waals surface area contributed by atoms with Gasteiger partial charge in [-0.05, 0) is 57.7 Å². The SMILES string of the molecule is COc1cc(-c2nccc(-c3cccc(-c4ccc(CN[C@H]5C[C@@](C)(O)C5)c(OC)n4)c3Cl)c2Cl)ccc1CN[C@H]1C[C@](C)(O)C1. The van der Waals surface area contributed by atoms with Crippen LogP contribution in [0.4, 0.5) is 0 Å². The van der Waals surface area contributed by atoms with Gasteiger partial charge < -0.3 is 30.3 Å². The van der Waals surface area contributed by atoms with Gasteiger partial charge in [0.25, 0.3) is 0 Å². The minimum atomic E-state index is -0.584. The highest BCUT2D eigenvalue weighted by molar-refractivity contribution is 6.39. The molecule has 10 heteroatoms. The van der Waals surface area contributed by atoms with E-state index in [4.69, 9.17) is 37.7 Å². The molecule has 0 aliphatic heterocycles. The van der Waals surface area contributed by atoms with Crippen LogP contribution in [0.5, 0.6) is 11.6 Å². The number of methoxy groups -OCH3 is 2. The normalized spacial score (nSPS) is 23.8. The summed E-state index contributed by atoms with van der Waals surface area (Å²) in [6.45, 7) is 4.95. The third kappa shape index (κ3) is 6.88. The van der Waals surface area contributed by atoms with Crippen molar-refractivity contribution >= 4 is 23.2 Å². The van der Waals surface area contributed by atoms with Crippen molar-refractivity contribution in [1.29, 1.82) is 0 Å². The van der Waals surface area contributed by atoms with E-state index in [0.29, 0.717) is 40.4 Å². The van der Waals surface area contributed by atoms with Crippen molar-refractivity contribution in [2.75, 3.05) is 14.2 Å². The zero-order chi connectivity index (χ0) is 32.6. The molecule has 2 saturated carbocycles. The number of nitrogens with one attached hydrogen (secondary N) is 2. The molecule has 0 bridgehead atoms. The van der Waals surface area contributed by atoms with Crippen LogP contribution in [0.3, 0.4) is 0 Å². The molecule has 0 atom stereocenters. The highest BCUT2D eigenvalue weighted by Gasteiger charge is 2.38. The van der Waals surface area contributed by atoms with E-state index in [9.17, 15) is 10.2 Å². The second-order valence-corrected chi connectivity index (χ2v) is 13.8. The maximum atomic E-state index is 10.0. The lowest BCUT2D eigenvalue weighted by Gasteiger charge is -2.41. The molecule has 0 amide bonds. The van der Waals surface area contributed by atoms with E-state index in [1.165, 1.54) is 0 Å². The summed E-state index contributed by atoms with van der Waals surface area (Å²) < 4.78 is 11.4. The van der Waals surface area contributed by atoms with Gasteiger partial charge in [0.05, 0.1) is 46.9 Å². The average molecular weight is 664 g/mol. The van der Waals surface area contributed by atoms with E-state index in [-0.39, 0.29) is 12.1 Å². The van der Waals surface area contributed by atoms with Crippen LogP contribution in [0.25, 0.3) is 33.6 Å². The number of ether oxygens (including phenoxy) is 2. The Bertz CT molecular complexity index is 1600. The largest absolute Gasteiger partial charge is 0.496 e. The standard InChI is InChI=1S/C36H40Cl2N4O4/c1-35(43)15-24(16-35)40-19-22-9-8-21(14-30(22)45-3)33-32(38)27(12-13-39-33)26-6-5-7-28(31(26)37)29-11-10-23(34(42-29)46-4)20-41-25-17-36(2,44)18-25/h5-14,24-25,40-41,43-44H,15-20H2,1-4H3/t24-,25-,35-,36+. The maximum absolute atomic E-state index is 10.0. The maximum Gasteiger partial charge on any atom is 0.218 e. The fourth-order valence-electron chi connectivity index (χ4n) is 6.56. The Morgan fingerprint density at radius 1 is 0.783 bits per heavy atom. The number of benzene rings is 2. The fraction of sp³-hybridized carbons (Fsp3) is 0.389. The molecule has 6 rings (SSSR count). The van der Waals surface area contributed by atoms with Crippen LogP contribution in [0.15, 0.2) is 60.8 Å². The number of rotatable bonds is 11. The second-order valence-electron chi connectivity index (χ2n) is 13.0. The first-order valence-electron chi connectivity index (χ1n) is 15.5. The quantitative estimate of drug-likeness (QED) is 0.139. The van der Waals surface area contributed by atoms with Crippen molar-refractivity contribution in [2.45, 2.75) is 75.9 Å². The van der Waals surface area contributed by atoms with Gasteiger partial charge in [0.1, 0.15) is 5.75 Å². The van der Waals surface area contributed by atoms with Crippen molar-refractivity contribution in [3.8, 4) is 45.3 Å². The molecule has 0 unspecified atom stereocenters. The van der Waals surface area contributed by atoms with E-state index in [1.807, 2.05) is 68.4 Å². The molecule has 2 aromatic heterocycles. The molecule has 242 valence electrons. The molecular weight excluding hydrogens is 623 g/mol. The topological polar surface area (TPSA) is 109 Å². The first-order chi connectivity index (χ1) is 22.0. The molecule has 2 heterocycles. The lowest BCUT2D eigenvalue weighted by molar-refractivity contribution is -0.0399. The van der Waals surface area contributed by atoms with Crippen LogP contribution in [-0.4, -0.2) is 57.7 Å². The molecule has 2 aliphatic rings. The summed E-state index contributed by atoms with van der Waals surface area (Å²) in [6, 6.07) is 18.1. The molecule has 2 aromatic carbocycles. The molecule has 8 nitrogen and oxygen atoms in total. The summed E-state index contributed by atoms with van der Waals surface area (Å²) in [5.41, 5.74) is 5.20. The van der Waals surface area contributed by atoms with Crippen LogP contribution in [-0.2, 0) is 13.1 Å². The Labute approximate surface area is 280 Å². The summed E-state index contributed by atoms with van der Waals surface area (Å²) >= 11 is 14.1. The van der Waals surface area contributed by atoms with Crippen LogP contribution >= 0.6 is 23.2 Å². The number of halogens is 2. The molecule has 2 aliphatic carbocycles. The van der Waals surface area contributed by atoms with Crippen molar-refractivity contribution in [3.63, 3.8) is 0 Å². The third-order valence-corrected chi connectivity index (χ3v) is 9.84. The minimum absolute atomic E-state index is 0.271. The summed E-state index contributed by atoms with van der Waals surface area (Å²) in [7, 11) is 3.26. The molecule has 2 fully saturated rings. The smallest absolute Gasteiger partial charge is 0.218 e. The van der Waals surface area contributed by atoms with Gasteiger partial charge >= 0.3 is 0 Å². The number of aromatic nitrogens is 2. The third-order valence-electron chi connectivity index (χ3n) is 9.05. The van der Waals surface area contributed by atoms with Crippen molar-refractivity contribution < 1.29 is 19.7 Å². The zero-order valence-corrected chi connectivity index (χ0v) is 28.0. The van der Waals surface area contributed by atoms with E-state index in [2.05, 4.69) is 15.6 Å². The van der Waals surface area contributed by atoms with Crippen LogP contribution in [0.1, 0.15) is 50.7 Å². The summed E-state index contributed by atoms with van der Waals surface area (Å²) in [4.78, 5) is 9.41. The Kier molecular flexibility index (Phi) is 9.31. The minimum Gasteiger partial charge on any atom is -0.496 e. The Hall–Kier alpha value is -3.24. The van der Waals surface area contributed by atoms with Crippen LogP contribution in [0, 0.1) is 0 Å². The highest BCUT2D eigenvalue weighted by Crippen LogP contribution is 2.42. The van der Waals surface area contributed by atoms with Gasteiger partial charge in [-0.3, -0.25) is 4.98 Å². The van der Waals surface area contributed by atoms with Crippen LogP contribution in [0.2, 0.25) is 10.0 Å². The molecule has 46 heavy (non-hydrogen) atoms. The molecule has 4 aromatic rings. The van der Waals surface area contributed by atoms with Gasteiger partial charge in [-0.1, -0.05) is 59.6 Å². The van der Waals surface area contributed by atoms with Gasteiger partial charge in [0.2, 0.25) is 5.88 Å². The first-order valence-corrected chi connectivity index (χ1v) is 16.3. The number of hydrogen-bond acceptors (Lipinski definition) is 8. The van der Waals surface area contributed by atoms with E-state index in [0.717, 1.165) is 64.8 Å². The van der Waals surface area contributed by atoms with E-state index in [1.54, 1.807) is 20.4 Å². The van der Waals surface area contributed by atoms with Gasteiger partial charge in [0, 0.05) is 64.8 Å². The molecular formula is C36H40Cl2N4O4. The molecule has 4 N–H and O–H groups in total. The van der Waals surface area contributed by atoms with Crippen molar-refractivity contribution in [3.05, 3.63) is 82.0 Å². The zero-order valence-electron chi connectivity index (χ0n) is 26.5. The molecule has 0 saturated heterocycles. The Balaban J connectivity index is 1.23. The lowest BCUT2D eigenvalue weighted by atomic mass is 9.77. The van der Waals surface area contributed by atoms with Crippen LogP contribution < -0.4 is 20.1 Å². The van der Waals surface area contributed by atoms with Gasteiger partial charge in [0.15, 0.2) is 0 Å². The number of pyridine rings is 2. The fourth-order valence-corrected chi connectivity index (χ4v) is 7.21. The lowest BCUT2D eigenvalue weighted by Crippen LogP contribution is -2.51. The van der Waals surface area contributed by atoms with Crippen molar-refractivity contribution in [2.24, 2.45) is 0 Å². The van der Waals surface area contributed by atoms with E-state index >= 15 is 0 Å². The number of hydrogen-bond donors (Lipinski definition) is 4. The van der Waals surface area contributed by atoms with E-state index < -0.39 is 11.2 Å². The van der Waals surface area contributed by atoms with Gasteiger partial charge in [-0.25, -0.2) is 4.98 Å². The predicted octanol–water partition coefficient (Wildman–Crippen LogP) is 6.81. The summed E-state index contributed by atoms with van der Waals surface area (Å²) in [5.74, 6) is 1.26. The second kappa shape index (κ2) is 13.1. The monoisotopic (exact) mass is 662 g/mol. The summed E-state index contributed by atoms with van der Waals surface area (Å²) in [5, 5.41) is 28.1. The number of aliphatic hydroxyl groups is 2. The Morgan fingerprint density at radius 3 is 2.02 bits per heavy atom. The molecule has 0 radical (unpaired) electrons. The highest BCUT2D eigenvalue weighted by atomic mass is 35.5. The first kappa shape index (κ1) is 32.7. The summed E-state index contributed by atoms with van der Waals surface area (Å²) in [6.07, 6.45) is 4.66.